The fraction of sp³-hybridized carbons (Fsp3) is 0.250. The zero-order chi connectivity index (χ0) is 22.0. The summed E-state index contributed by atoms with van der Waals surface area (Å²) in [5.41, 5.74) is 1.24. The van der Waals surface area contributed by atoms with Gasteiger partial charge in [-0.15, -0.1) is 0 Å². The van der Waals surface area contributed by atoms with E-state index in [0.717, 1.165) is 16.7 Å². The molecule has 0 N–H and O–H groups in total. The van der Waals surface area contributed by atoms with Gasteiger partial charge in [0.2, 0.25) is 0 Å². The quantitative estimate of drug-likeness (QED) is 0.357. The van der Waals surface area contributed by atoms with Crippen LogP contribution < -0.4 is 0 Å². The summed E-state index contributed by atoms with van der Waals surface area (Å²) in [7, 11) is -4.57. The molecule has 0 aliphatic carbocycles. The average Bonchev–Trinajstić information content (AvgIpc) is 2.86. The second-order valence-corrected chi connectivity index (χ2v) is 9.90. The Morgan fingerprint density at radius 2 is 1.00 bits per heavy atom. The van der Waals surface area contributed by atoms with Gasteiger partial charge in [-0.1, -0.05) is 91.0 Å². The van der Waals surface area contributed by atoms with E-state index in [4.69, 9.17) is 18.1 Å². The molecule has 2 aliphatic heterocycles. The lowest BCUT2D eigenvalue weighted by molar-refractivity contribution is -0.120. The highest BCUT2D eigenvalue weighted by molar-refractivity contribution is 7.33. The molecule has 1 spiro atoms. The Balaban J connectivity index is 1.82. The van der Waals surface area contributed by atoms with E-state index in [2.05, 4.69) is 0 Å². The van der Waals surface area contributed by atoms with Crippen molar-refractivity contribution in [1.29, 1.82) is 0 Å². The lowest BCUT2D eigenvalue weighted by Crippen LogP contribution is -2.60. The second-order valence-electron chi connectivity index (χ2n) is 8.02. The Labute approximate surface area is 188 Å². The fourth-order valence-corrected chi connectivity index (χ4v) is 6.53. The summed E-state index contributed by atoms with van der Waals surface area (Å²) in [5.74, 6) is 0. The lowest BCUT2D eigenvalue weighted by atomic mass is 9.59. The molecule has 2 heterocycles. The van der Waals surface area contributed by atoms with Gasteiger partial charge in [0, 0.05) is 0 Å². The van der Waals surface area contributed by atoms with Gasteiger partial charge >= 0.3 is 16.5 Å². The average molecular weight is 468 g/mol. The molecule has 2 aliphatic rings. The van der Waals surface area contributed by atoms with E-state index in [1.54, 1.807) is 0 Å². The first kappa shape index (κ1) is 21.5. The molecule has 2 saturated heterocycles. The van der Waals surface area contributed by atoms with Gasteiger partial charge in [0.15, 0.2) is 0 Å². The van der Waals surface area contributed by atoms with Crippen LogP contribution in [0.4, 0.5) is 0 Å². The molecule has 2 fully saturated rings. The highest BCUT2D eigenvalue weighted by atomic mass is 31.1. The summed E-state index contributed by atoms with van der Waals surface area (Å²) >= 11 is 0. The van der Waals surface area contributed by atoms with Crippen LogP contribution in [-0.2, 0) is 32.6 Å². The predicted octanol–water partition coefficient (Wildman–Crippen LogP) is 5.78. The highest BCUT2D eigenvalue weighted by Crippen LogP contribution is 2.57. The predicted molar refractivity (Wildman–Crippen MR) is 120 cm³/mol. The van der Waals surface area contributed by atoms with Crippen molar-refractivity contribution in [1.82, 2.24) is 0 Å². The zero-order valence-corrected chi connectivity index (χ0v) is 19.0. The summed E-state index contributed by atoms with van der Waals surface area (Å²) in [6.07, 6.45) is -0.678. The normalized spacial score (nSPS) is 26.2. The maximum atomic E-state index is 12.7. The molecular formula is C24H22O6P2. The van der Waals surface area contributed by atoms with E-state index in [1.807, 2.05) is 91.0 Å². The fourth-order valence-electron chi connectivity index (χ4n) is 4.76. The zero-order valence-electron chi connectivity index (χ0n) is 17.2. The third-order valence-corrected chi connectivity index (χ3v) is 7.60. The second kappa shape index (κ2) is 8.92. The van der Waals surface area contributed by atoms with E-state index in [0.29, 0.717) is 0 Å². The molecular weight excluding hydrogens is 446 g/mol. The van der Waals surface area contributed by atoms with Crippen LogP contribution in [0.1, 0.15) is 16.7 Å². The third kappa shape index (κ3) is 3.64. The Morgan fingerprint density at radius 1 is 0.625 bits per heavy atom. The third-order valence-electron chi connectivity index (χ3n) is 6.20. The van der Waals surface area contributed by atoms with Crippen LogP contribution in [-0.4, -0.2) is 25.9 Å². The molecule has 32 heavy (non-hydrogen) atoms. The maximum absolute atomic E-state index is 12.7. The van der Waals surface area contributed by atoms with Crippen molar-refractivity contribution in [2.24, 2.45) is 5.41 Å². The van der Waals surface area contributed by atoms with Gasteiger partial charge in [-0.05, 0) is 16.7 Å². The SMILES string of the molecule is O=[P]1OCC2(CO1)CO[P](=O)OC2C(c1ccccc1)(c1ccccc1)c1ccccc1. The topological polar surface area (TPSA) is 71.1 Å². The molecule has 164 valence electrons. The monoisotopic (exact) mass is 468 g/mol. The van der Waals surface area contributed by atoms with Crippen molar-refractivity contribution in [3.63, 3.8) is 0 Å². The molecule has 8 heteroatoms. The van der Waals surface area contributed by atoms with Crippen molar-refractivity contribution in [3.8, 4) is 0 Å². The molecule has 5 rings (SSSR count). The van der Waals surface area contributed by atoms with Gasteiger partial charge in [-0.3, -0.25) is 18.1 Å². The Bertz CT molecular complexity index is 992. The van der Waals surface area contributed by atoms with Crippen molar-refractivity contribution < 1.29 is 27.2 Å². The van der Waals surface area contributed by atoms with Crippen LogP contribution in [0.5, 0.6) is 0 Å². The molecule has 0 amide bonds. The van der Waals surface area contributed by atoms with Gasteiger partial charge in [-0.2, -0.15) is 0 Å². The standard InChI is InChI=1S/C24H22O6P2/c25-31-27-16-23(17-28-31)18-29-32(26)30-22(23)24(19-10-4-1-5-11-19,20-12-6-2-7-13-20)21-14-8-3-9-15-21/h1-15,22H,16-18H2. The van der Waals surface area contributed by atoms with Crippen LogP contribution in [0.3, 0.4) is 0 Å². The number of hydrogen-bond acceptors (Lipinski definition) is 6. The van der Waals surface area contributed by atoms with Crippen LogP contribution in [0.25, 0.3) is 0 Å². The minimum atomic E-state index is -2.36. The molecule has 3 aromatic rings. The van der Waals surface area contributed by atoms with E-state index in [-0.39, 0.29) is 19.8 Å². The molecule has 0 saturated carbocycles. The van der Waals surface area contributed by atoms with E-state index >= 15 is 0 Å². The summed E-state index contributed by atoms with van der Waals surface area (Å²) in [4.78, 5) is 0. The van der Waals surface area contributed by atoms with Crippen molar-refractivity contribution in [2.45, 2.75) is 11.5 Å². The van der Waals surface area contributed by atoms with Gasteiger partial charge in [0.1, 0.15) is 6.10 Å². The van der Waals surface area contributed by atoms with Crippen LogP contribution >= 0.6 is 16.5 Å². The van der Waals surface area contributed by atoms with Crippen molar-refractivity contribution in [3.05, 3.63) is 108 Å². The first-order chi connectivity index (χ1) is 15.6. The Hall–Kier alpha value is -2.30. The Morgan fingerprint density at radius 3 is 1.41 bits per heavy atom. The molecule has 2 radical (unpaired) electrons. The smallest absolute Gasteiger partial charge is 0.282 e. The number of hydrogen-bond donors (Lipinski definition) is 0. The molecule has 2 atom stereocenters. The molecule has 6 nitrogen and oxygen atoms in total. The first-order valence-corrected chi connectivity index (χ1v) is 12.5. The van der Waals surface area contributed by atoms with E-state index in [9.17, 15) is 9.13 Å². The minimum absolute atomic E-state index is 0.101. The largest absolute Gasteiger partial charge is 0.369 e. The summed E-state index contributed by atoms with van der Waals surface area (Å²) in [6, 6.07) is 30.0. The van der Waals surface area contributed by atoms with E-state index in [1.165, 1.54) is 0 Å². The molecule has 2 unspecified atom stereocenters. The van der Waals surface area contributed by atoms with Gasteiger partial charge < -0.3 is 0 Å². The molecule has 0 bridgehead atoms. The molecule has 0 aromatic heterocycles. The lowest BCUT2D eigenvalue weighted by Gasteiger charge is -2.52. The van der Waals surface area contributed by atoms with Crippen molar-refractivity contribution in [2.75, 3.05) is 19.8 Å². The van der Waals surface area contributed by atoms with E-state index < -0.39 is 33.4 Å². The summed E-state index contributed by atoms with van der Waals surface area (Å²) in [6.45, 7) is 0.304. The summed E-state index contributed by atoms with van der Waals surface area (Å²) < 4.78 is 47.1. The maximum Gasteiger partial charge on any atom is 0.369 e. The first-order valence-electron chi connectivity index (χ1n) is 10.3. The Kier molecular flexibility index (Phi) is 6.00. The summed E-state index contributed by atoms with van der Waals surface area (Å²) in [5, 5.41) is 0. The van der Waals surface area contributed by atoms with Gasteiger partial charge in [0.05, 0.1) is 30.7 Å². The highest BCUT2D eigenvalue weighted by Gasteiger charge is 2.60. The van der Waals surface area contributed by atoms with Gasteiger partial charge in [0.25, 0.3) is 0 Å². The number of benzene rings is 3. The van der Waals surface area contributed by atoms with Crippen LogP contribution in [0.2, 0.25) is 0 Å². The number of rotatable bonds is 4. The van der Waals surface area contributed by atoms with Crippen LogP contribution in [0, 0.1) is 5.41 Å². The van der Waals surface area contributed by atoms with Crippen LogP contribution in [0.15, 0.2) is 91.0 Å². The molecule has 3 aromatic carbocycles. The van der Waals surface area contributed by atoms with Crippen molar-refractivity contribution >= 4 is 16.5 Å². The minimum Gasteiger partial charge on any atom is -0.282 e. The van der Waals surface area contributed by atoms with Gasteiger partial charge in [-0.25, -0.2) is 9.13 Å².